The highest BCUT2D eigenvalue weighted by molar-refractivity contribution is 5.81. The van der Waals surface area contributed by atoms with Crippen LogP contribution in [0.2, 0.25) is 0 Å². The molecule has 2 aromatic carbocycles. The van der Waals surface area contributed by atoms with Crippen LogP contribution in [0.5, 0.6) is 11.5 Å². The topological polar surface area (TPSA) is 63.4 Å². The molecule has 0 spiro atoms. The smallest absolute Gasteiger partial charge is 0.252 e. The van der Waals surface area contributed by atoms with Crippen LogP contribution in [-0.4, -0.2) is 11.8 Å². The van der Waals surface area contributed by atoms with Crippen molar-refractivity contribution in [3.63, 3.8) is 0 Å². The van der Waals surface area contributed by atoms with Gasteiger partial charge < -0.3 is 19.8 Å². The first kappa shape index (κ1) is 14.8. The third kappa shape index (κ3) is 2.74. The van der Waals surface area contributed by atoms with Crippen LogP contribution >= 0.6 is 0 Å². The molecule has 1 aliphatic heterocycles. The van der Waals surface area contributed by atoms with E-state index in [2.05, 4.69) is 10.3 Å². The van der Waals surface area contributed by atoms with Crippen LogP contribution in [-0.2, 0) is 13.1 Å². The quantitative estimate of drug-likeness (QED) is 0.775. The first-order valence-corrected chi connectivity index (χ1v) is 7.91. The summed E-state index contributed by atoms with van der Waals surface area (Å²) in [7, 11) is 0. The van der Waals surface area contributed by atoms with Gasteiger partial charge in [-0.2, -0.15) is 0 Å². The van der Waals surface area contributed by atoms with Gasteiger partial charge in [0.1, 0.15) is 0 Å². The Balaban J connectivity index is 1.49. The average molecular weight is 322 g/mol. The molecule has 5 heteroatoms. The van der Waals surface area contributed by atoms with Gasteiger partial charge in [0, 0.05) is 18.7 Å². The third-order valence-electron chi connectivity index (χ3n) is 4.25. The molecule has 0 radical (unpaired) electrons. The molecule has 122 valence electrons. The zero-order valence-electron chi connectivity index (χ0n) is 13.4. The van der Waals surface area contributed by atoms with Crippen LogP contribution in [0.1, 0.15) is 16.7 Å². The summed E-state index contributed by atoms with van der Waals surface area (Å²) in [6.07, 6.45) is 0. The van der Waals surface area contributed by atoms with E-state index < -0.39 is 0 Å². The maximum absolute atomic E-state index is 12.2. The summed E-state index contributed by atoms with van der Waals surface area (Å²) in [5.41, 5.74) is 3.75. The van der Waals surface area contributed by atoms with Crippen LogP contribution in [0.15, 0.2) is 47.3 Å². The molecule has 1 aromatic heterocycles. The number of H-pyrrole nitrogens is 1. The molecule has 2 N–H and O–H groups in total. The van der Waals surface area contributed by atoms with E-state index in [1.54, 1.807) is 0 Å². The standard InChI is InChI=1S/C19H18N2O3/c1-12-3-2-4-14-8-15(19(22)21-18(12)14)10-20-9-13-5-6-16-17(7-13)24-11-23-16/h2-8,20H,9-11H2,1H3,(H,21,22). The molecule has 0 fully saturated rings. The minimum absolute atomic E-state index is 0.0463. The lowest BCUT2D eigenvalue weighted by molar-refractivity contribution is 0.174. The minimum atomic E-state index is -0.0463. The SMILES string of the molecule is Cc1cccc2cc(CNCc3ccc4c(c3)OCO4)c(=O)[nH]c12. The predicted molar refractivity (Wildman–Crippen MR) is 92.4 cm³/mol. The van der Waals surface area contributed by atoms with Crippen molar-refractivity contribution in [1.82, 2.24) is 10.3 Å². The van der Waals surface area contributed by atoms with Gasteiger partial charge in [-0.05, 0) is 41.6 Å². The Morgan fingerprint density at radius 2 is 1.96 bits per heavy atom. The van der Waals surface area contributed by atoms with Crippen molar-refractivity contribution in [2.45, 2.75) is 20.0 Å². The van der Waals surface area contributed by atoms with E-state index in [1.807, 2.05) is 49.4 Å². The number of hydrogen-bond acceptors (Lipinski definition) is 4. The molecule has 0 saturated carbocycles. The monoisotopic (exact) mass is 322 g/mol. The van der Waals surface area contributed by atoms with E-state index >= 15 is 0 Å². The largest absolute Gasteiger partial charge is 0.454 e. The Labute approximate surface area is 139 Å². The molecule has 1 aliphatic rings. The molecule has 0 amide bonds. The van der Waals surface area contributed by atoms with Crippen molar-refractivity contribution >= 4 is 10.9 Å². The summed E-state index contributed by atoms with van der Waals surface area (Å²) in [6.45, 7) is 3.43. The summed E-state index contributed by atoms with van der Waals surface area (Å²) in [6, 6.07) is 13.8. The molecule has 3 aromatic rings. The highest BCUT2D eigenvalue weighted by atomic mass is 16.7. The van der Waals surface area contributed by atoms with E-state index in [0.717, 1.165) is 39.1 Å². The van der Waals surface area contributed by atoms with Gasteiger partial charge in [-0.1, -0.05) is 24.3 Å². The second-order valence-electron chi connectivity index (χ2n) is 5.95. The lowest BCUT2D eigenvalue weighted by atomic mass is 10.1. The van der Waals surface area contributed by atoms with Gasteiger partial charge in [-0.15, -0.1) is 0 Å². The zero-order chi connectivity index (χ0) is 16.5. The molecule has 0 bridgehead atoms. The fraction of sp³-hybridized carbons (Fsp3) is 0.211. The number of para-hydroxylation sites is 1. The molecule has 0 saturated heterocycles. The molecule has 0 unspecified atom stereocenters. The lowest BCUT2D eigenvalue weighted by Gasteiger charge is -2.08. The van der Waals surface area contributed by atoms with Gasteiger partial charge in [0.2, 0.25) is 6.79 Å². The number of aromatic nitrogens is 1. The molecule has 0 atom stereocenters. The molecule has 2 heterocycles. The Kier molecular flexibility index (Phi) is 3.70. The first-order chi connectivity index (χ1) is 11.7. The van der Waals surface area contributed by atoms with Gasteiger partial charge in [0.05, 0.1) is 5.52 Å². The number of aryl methyl sites for hydroxylation is 1. The molecular formula is C19H18N2O3. The Morgan fingerprint density at radius 1 is 1.08 bits per heavy atom. The number of hydrogen-bond donors (Lipinski definition) is 2. The van der Waals surface area contributed by atoms with Gasteiger partial charge in [-0.3, -0.25) is 4.79 Å². The van der Waals surface area contributed by atoms with E-state index in [9.17, 15) is 4.79 Å². The number of nitrogens with one attached hydrogen (secondary N) is 2. The van der Waals surface area contributed by atoms with Crippen molar-refractivity contribution in [2.75, 3.05) is 6.79 Å². The second kappa shape index (κ2) is 6.02. The van der Waals surface area contributed by atoms with Crippen LogP contribution in [0, 0.1) is 6.92 Å². The van der Waals surface area contributed by atoms with Crippen molar-refractivity contribution in [3.05, 3.63) is 69.5 Å². The maximum atomic E-state index is 12.2. The van der Waals surface area contributed by atoms with E-state index in [-0.39, 0.29) is 12.4 Å². The van der Waals surface area contributed by atoms with E-state index in [4.69, 9.17) is 9.47 Å². The molecule has 0 aliphatic carbocycles. The fourth-order valence-corrected chi connectivity index (χ4v) is 2.95. The molecule has 24 heavy (non-hydrogen) atoms. The lowest BCUT2D eigenvalue weighted by Crippen LogP contribution is -2.20. The van der Waals surface area contributed by atoms with Gasteiger partial charge in [-0.25, -0.2) is 0 Å². The molecule has 4 rings (SSSR count). The van der Waals surface area contributed by atoms with Crippen molar-refractivity contribution in [1.29, 1.82) is 0 Å². The fourth-order valence-electron chi connectivity index (χ4n) is 2.95. The van der Waals surface area contributed by atoms with E-state index in [0.29, 0.717) is 13.1 Å². The highest BCUT2D eigenvalue weighted by Gasteiger charge is 2.13. The third-order valence-corrected chi connectivity index (χ3v) is 4.25. The number of aromatic amines is 1. The highest BCUT2D eigenvalue weighted by Crippen LogP contribution is 2.32. The van der Waals surface area contributed by atoms with Crippen molar-refractivity contribution in [3.8, 4) is 11.5 Å². The van der Waals surface area contributed by atoms with Crippen molar-refractivity contribution in [2.24, 2.45) is 0 Å². The van der Waals surface area contributed by atoms with Gasteiger partial charge >= 0.3 is 0 Å². The van der Waals surface area contributed by atoms with Crippen LogP contribution < -0.4 is 20.3 Å². The maximum Gasteiger partial charge on any atom is 0.252 e. The van der Waals surface area contributed by atoms with Crippen LogP contribution in [0.4, 0.5) is 0 Å². The number of ether oxygens (including phenoxy) is 2. The van der Waals surface area contributed by atoms with E-state index in [1.165, 1.54) is 0 Å². The first-order valence-electron chi connectivity index (χ1n) is 7.91. The summed E-state index contributed by atoms with van der Waals surface area (Å²) in [5, 5.41) is 4.36. The average Bonchev–Trinajstić information content (AvgIpc) is 3.04. The summed E-state index contributed by atoms with van der Waals surface area (Å²) < 4.78 is 10.7. The number of benzene rings is 2. The predicted octanol–water partition coefficient (Wildman–Crippen LogP) is 2.86. The Bertz CT molecular complexity index is 962. The summed E-state index contributed by atoms with van der Waals surface area (Å²) >= 11 is 0. The van der Waals surface area contributed by atoms with Gasteiger partial charge in [0.25, 0.3) is 5.56 Å². The zero-order valence-corrected chi connectivity index (χ0v) is 13.4. The number of rotatable bonds is 4. The molecular weight excluding hydrogens is 304 g/mol. The number of fused-ring (bicyclic) bond motifs is 2. The van der Waals surface area contributed by atoms with Crippen molar-refractivity contribution < 1.29 is 9.47 Å². The minimum Gasteiger partial charge on any atom is -0.454 e. The Morgan fingerprint density at radius 3 is 2.88 bits per heavy atom. The second-order valence-corrected chi connectivity index (χ2v) is 5.95. The number of pyridine rings is 1. The molecule has 5 nitrogen and oxygen atoms in total. The Hall–Kier alpha value is -2.79. The normalized spacial score (nSPS) is 12.7. The van der Waals surface area contributed by atoms with Gasteiger partial charge in [0.15, 0.2) is 11.5 Å². The summed E-state index contributed by atoms with van der Waals surface area (Å²) in [4.78, 5) is 15.2. The van der Waals surface area contributed by atoms with Crippen LogP contribution in [0.3, 0.4) is 0 Å². The summed E-state index contributed by atoms with van der Waals surface area (Å²) in [5.74, 6) is 1.55. The van der Waals surface area contributed by atoms with Crippen LogP contribution in [0.25, 0.3) is 10.9 Å².